The molecule has 1 aliphatic rings. The summed E-state index contributed by atoms with van der Waals surface area (Å²) in [5.41, 5.74) is 14.8. The summed E-state index contributed by atoms with van der Waals surface area (Å²) in [6.07, 6.45) is 0. The van der Waals surface area contributed by atoms with Crippen LogP contribution in [0.4, 0.5) is 0 Å². The lowest BCUT2D eigenvalue weighted by Gasteiger charge is -2.34. The van der Waals surface area contributed by atoms with Gasteiger partial charge in [0, 0.05) is 27.3 Å². The van der Waals surface area contributed by atoms with Crippen molar-refractivity contribution in [1.29, 1.82) is 0 Å². The predicted octanol–water partition coefficient (Wildman–Crippen LogP) is 12.9. The van der Waals surface area contributed by atoms with Gasteiger partial charge in [0.05, 0.1) is 16.6 Å². The number of furan rings is 1. The normalized spacial score (nSPS) is 13.0. The number of nitrogens with zero attached hydrogens (tertiary/aromatic N) is 2. The highest BCUT2D eigenvalue weighted by Gasteiger charge is 2.46. The minimum absolute atomic E-state index is 0.561. The summed E-state index contributed by atoms with van der Waals surface area (Å²) in [6.45, 7) is 0. The molecule has 2 heterocycles. The quantitative estimate of drug-likeness (QED) is 0.181. The highest BCUT2D eigenvalue weighted by molar-refractivity contribution is 6.05. The molecule has 8 aromatic carbocycles. The van der Waals surface area contributed by atoms with Crippen LogP contribution < -0.4 is 0 Å². The van der Waals surface area contributed by atoms with Crippen LogP contribution in [0.15, 0.2) is 199 Å². The van der Waals surface area contributed by atoms with E-state index in [1.165, 1.54) is 44.5 Å². The van der Waals surface area contributed by atoms with Gasteiger partial charge >= 0.3 is 0 Å². The Morgan fingerprint density at radius 2 is 0.926 bits per heavy atom. The van der Waals surface area contributed by atoms with Gasteiger partial charge in [-0.2, -0.15) is 0 Å². The van der Waals surface area contributed by atoms with E-state index in [-0.39, 0.29) is 0 Å². The zero-order valence-corrected chi connectivity index (χ0v) is 29.3. The van der Waals surface area contributed by atoms with Gasteiger partial charge in [0.2, 0.25) is 0 Å². The van der Waals surface area contributed by atoms with Gasteiger partial charge < -0.3 is 4.42 Å². The minimum Gasteiger partial charge on any atom is -0.456 e. The summed E-state index contributed by atoms with van der Waals surface area (Å²) in [5, 5.41) is 3.29. The first-order valence-corrected chi connectivity index (χ1v) is 18.4. The lowest BCUT2D eigenvalue weighted by Crippen LogP contribution is -2.28. The monoisotopic (exact) mass is 688 g/mol. The topological polar surface area (TPSA) is 38.9 Å². The Morgan fingerprint density at radius 3 is 1.69 bits per heavy atom. The van der Waals surface area contributed by atoms with Crippen molar-refractivity contribution in [3.63, 3.8) is 0 Å². The van der Waals surface area contributed by atoms with Gasteiger partial charge in [0.15, 0.2) is 5.82 Å². The third kappa shape index (κ3) is 4.55. The Morgan fingerprint density at radius 1 is 0.370 bits per heavy atom. The van der Waals surface area contributed by atoms with Gasteiger partial charge in [-0.05, 0) is 62.7 Å². The Kier molecular flexibility index (Phi) is 6.77. The standard InChI is InChI=1S/C51H32N2O/c1-2-12-33(13-3-1)34-22-24-35(25-23-34)49-43-17-6-10-20-46(43)52-50(53-49)36-26-28-37(29-27-36)51(44-18-8-4-14-39(44)40-15-5-9-19-45(40)51)38-30-31-42-41-16-7-11-21-47(41)54-48(42)32-38/h1-32H. The average molecular weight is 689 g/mol. The van der Waals surface area contributed by atoms with Crippen LogP contribution in [0.5, 0.6) is 0 Å². The summed E-state index contributed by atoms with van der Waals surface area (Å²) < 4.78 is 6.48. The van der Waals surface area contributed by atoms with Gasteiger partial charge in [-0.3, -0.25) is 0 Å². The molecule has 3 heteroatoms. The molecule has 3 nitrogen and oxygen atoms in total. The summed E-state index contributed by atoms with van der Waals surface area (Å²) in [6, 6.07) is 69.1. The van der Waals surface area contributed by atoms with E-state index in [9.17, 15) is 0 Å². The predicted molar refractivity (Wildman–Crippen MR) is 220 cm³/mol. The molecule has 0 atom stereocenters. The Bertz CT molecular complexity index is 2990. The van der Waals surface area contributed by atoms with E-state index in [1.54, 1.807) is 0 Å². The Balaban J connectivity index is 1.07. The number of fused-ring (bicyclic) bond motifs is 7. The van der Waals surface area contributed by atoms with Gasteiger partial charge in [-0.15, -0.1) is 0 Å². The van der Waals surface area contributed by atoms with Crippen LogP contribution in [0, 0.1) is 0 Å². The lowest BCUT2D eigenvalue weighted by atomic mass is 9.67. The van der Waals surface area contributed by atoms with E-state index in [4.69, 9.17) is 14.4 Å². The second-order valence-corrected chi connectivity index (χ2v) is 14.1. The zero-order chi connectivity index (χ0) is 35.6. The molecular formula is C51H32N2O. The molecule has 0 aliphatic heterocycles. The van der Waals surface area contributed by atoms with Crippen molar-refractivity contribution in [2.24, 2.45) is 0 Å². The van der Waals surface area contributed by atoms with Crippen LogP contribution in [0.2, 0.25) is 0 Å². The summed E-state index contributed by atoms with van der Waals surface area (Å²) in [5.74, 6) is 0.701. The van der Waals surface area contributed by atoms with E-state index in [0.29, 0.717) is 5.82 Å². The number of hydrogen-bond donors (Lipinski definition) is 0. The number of aromatic nitrogens is 2. The van der Waals surface area contributed by atoms with Crippen molar-refractivity contribution in [1.82, 2.24) is 9.97 Å². The molecule has 2 aromatic heterocycles. The minimum atomic E-state index is -0.561. The summed E-state index contributed by atoms with van der Waals surface area (Å²) in [7, 11) is 0. The molecule has 0 N–H and O–H groups in total. The first kappa shape index (κ1) is 30.5. The first-order valence-electron chi connectivity index (χ1n) is 18.4. The van der Waals surface area contributed by atoms with Crippen LogP contribution in [0.25, 0.3) is 77.7 Å². The summed E-state index contributed by atoms with van der Waals surface area (Å²) in [4.78, 5) is 10.4. The lowest BCUT2D eigenvalue weighted by molar-refractivity contribution is 0.665. The summed E-state index contributed by atoms with van der Waals surface area (Å²) >= 11 is 0. The van der Waals surface area contributed by atoms with Crippen molar-refractivity contribution in [2.75, 3.05) is 0 Å². The average Bonchev–Trinajstić information content (AvgIpc) is 3.77. The number of benzene rings is 8. The molecule has 1 aliphatic carbocycles. The molecule has 0 fully saturated rings. The van der Waals surface area contributed by atoms with E-state index < -0.39 is 5.41 Å². The number of para-hydroxylation sites is 2. The third-order valence-corrected chi connectivity index (χ3v) is 11.2. The molecule has 11 rings (SSSR count). The van der Waals surface area contributed by atoms with Crippen molar-refractivity contribution >= 4 is 32.8 Å². The third-order valence-electron chi connectivity index (χ3n) is 11.2. The first-order chi connectivity index (χ1) is 26.8. The molecule has 0 saturated heterocycles. The fourth-order valence-electron chi connectivity index (χ4n) is 8.73. The van der Waals surface area contributed by atoms with Crippen molar-refractivity contribution in [3.05, 3.63) is 216 Å². The SMILES string of the molecule is c1ccc(-c2ccc(-c3nc(-c4ccc(C5(c6ccc7c(c6)oc6ccccc67)c6ccccc6-c6ccccc65)cc4)nc4ccccc34)cc2)cc1. The van der Waals surface area contributed by atoms with Gasteiger partial charge in [0.1, 0.15) is 11.2 Å². The number of hydrogen-bond acceptors (Lipinski definition) is 3. The largest absolute Gasteiger partial charge is 0.456 e. The van der Waals surface area contributed by atoms with E-state index >= 15 is 0 Å². The maximum atomic E-state index is 6.48. The molecule has 0 saturated carbocycles. The molecule has 0 spiro atoms. The van der Waals surface area contributed by atoms with E-state index in [2.05, 4.69) is 170 Å². The van der Waals surface area contributed by atoms with Gasteiger partial charge in [-0.1, -0.05) is 176 Å². The van der Waals surface area contributed by atoms with Crippen LogP contribution in [-0.2, 0) is 5.41 Å². The highest BCUT2D eigenvalue weighted by atomic mass is 16.3. The molecule has 252 valence electrons. The molecular weight excluding hydrogens is 657 g/mol. The second-order valence-electron chi connectivity index (χ2n) is 14.1. The molecule has 54 heavy (non-hydrogen) atoms. The zero-order valence-electron chi connectivity index (χ0n) is 29.3. The second kappa shape index (κ2) is 12.0. The number of rotatable bonds is 5. The van der Waals surface area contributed by atoms with E-state index in [0.717, 1.165) is 49.7 Å². The smallest absolute Gasteiger partial charge is 0.160 e. The van der Waals surface area contributed by atoms with Crippen LogP contribution in [0.1, 0.15) is 22.3 Å². The van der Waals surface area contributed by atoms with E-state index in [1.807, 2.05) is 24.3 Å². The highest BCUT2D eigenvalue weighted by Crippen LogP contribution is 2.56. The Hall–Kier alpha value is -7.10. The van der Waals surface area contributed by atoms with Gasteiger partial charge in [-0.25, -0.2) is 9.97 Å². The maximum Gasteiger partial charge on any atom is 0.160 e. The molecule has 10 aromatic rings. The van der Waals surface area contributed by atoms with Gasteiger partial charge in [0.25, 0.3) is 0 Å². The molecule has 0 radical (unpaired) electrons. The van der Waals surface area contributed by atoms with Crippen LogP contribution in [0.3, 0.4) is 0 Å². The van der Waals surface area contributed by atoms with Crippen LogP contribution >= 0.6 is 0 Å². The van der Waals surface area contributed by atoms with Crippen LogP contribution in [-0.4, -0.2) is 9.97 Å². The molecule has 0 bridgehead atoms. The fraction of sp³-hybridized carbons (Fsp3) is 0.0196. The van der Waals surface area contributed by atoms with Crippen molar-refractivity contribution in [2.45, 2.75) is 5.41 Å². The van der Waals surface area contributed by atoms with Crippen molar-refractivity contribution < 1.29 is 4.42 Å². The fourth-order valence-corrected chi connectivity index (χ4v) is 8.73. The Labute approximate surface area is 312 Å². The molecule has 0 unspecified atom stereocenters. The molecule has 0 amide bonds. The maximum absolute atomic E-state index is 6.48. The van der Waals surface area contributed by atoms with Crippen molar-refractivity contribution in [3.8, 4) is 44.9 Å².